The first-order valence-corrected chi connectivity index (χ1v) is 13.6. The van der Waals surface area contributed by atoms with Gasteiger partial charge in [-0.2, -0.15) is 0 Å². The van der Waals surface area contributed by atoms with E-state index in [1.54, 1.807) is 0 Å². The van der Waals surface area contributed by atoms with Gasteiger partial charge in [0.15, 0.2) is 5.82 Å². The number of amides is 1. The van der Waals surface area contributed by atoms with Gasteiger partial charge in [-0.1, -0.05) is 39.7 Å². The Bertz CT molecular complexity index is 1120. The number of carbonyl (C=O) groups excluding carboxylic acids is 1. The first-order chi connectivity index (χ1) is 17.3. The van der Waals surface area contributed by atoms with Gasteiger partial charge in [0.1, 0.15) is 5.82 Å². The van der Waals surface area contributed by atoms with E-state index < -0.39 is 0 Å². The molecule has 1 amide bonds. The van der Waals surface area contributed by atoms with E-state index in [0.29, 0.717) is 11.2 Å². The quantitative estimate of drug-likeness (QED) is 0.544. The summed E-state index contributed by atoms with van der Waals surface area (Å²) < 4.78 is 0. The molecule has 5 rings (SSSR count). The number of aromatic nitrogens is 3. The number of H-pyrrole nitrogens is 1. The Kier molecular flexibility index (Phi) is 6.92. The fourth-order valence-electron chi connectivity index (χ4n) is 6.17. The Morgan fingerprint density at radius 2 is 1.89 bits per heavy atom. The highest BCUT2D eigenvalue weighted by atomic mass is 16.2. The predicted molar refractivity (Wildman–Crippen MR) is 145 cm³/mol. The van der Waals surface area contributed by atoms with Crippen molar-refractivity contribution in [1.29, 1.82) is 0 Å². The van der Waals surface area contributed by atoms with Crippen LogP contribution in [0.1, 0.15) is 87.7 Å². The SMILES string of the molecule is CCN1CCN(C2(c3ccc(NC(=O)c4ncc(N)[nH]4)c(C4=CCC(C)(C)CC4)n3)CCCC2)CC1. The van der Waals surface area contributed by atoms with E-state index in [-0.39, 0.29) is 17.3 Å². The topological polar surface area (TPSA) is 103 Å². The fourth-order valence-corrected chi connectivity index (χ4v) is 6.17. The minimum absolute atomic E-state index is 0.0128. The number of piperazine rings is 1. The van der Waals surface area contributed by atoms with E-state index in [1.165, 1.54) is 24.6 Å². The standard InChI is InChI=1S/C28H41N7O/c1-4-34-15-17-35(18-16-34)28(11-5-6-12-28)22-8-7-21(31-26(36)25-30-19-23(29)33-25)24(32-22)20-9-13-27(2,3)14-10-20/h7-9,19H,4-6,10-18,29H2,1-3H3,(H,30,33)(H,31,36). The number of imidazole rings is 1. The Balaban J connectivity index is 1.50. The molecular formula is C28H41N7O. The van der Waals surface area contributed by atoms with Crippen LogP contribution < -0.4 is 11.1 Å². The molecular weight excluding hydrogens is 450 g/mol. The Hall–Kier alpha value is -2.71. The Labute approximate surface area is 214 Å². The van der Waals surface area contributed by atoms with Gasteiger partial charge < -0.3 is 20.9 Å². The van der Waals surface area contributed by atoms with Crippen LogP contribution in [-0.4, -0.2) is 63.4 Å². The summed E-state index contributed by atoms with van der Waals surface area (Å²) in [5, 5.41) is 3.07. The number of nitrogens with one attached hydrogen (secondary N) is 2. The Morgan fingerprint density at radius 1 is 1.14 bits per heavy atom. The highest BCUT2D eigenvalue weighted by Gasteiger charge is 2.43. The van der Waals surface area contributed by atoms with Gasteiger partial charge in [0.2, 0.25) is 0 Å². The van der Waals surface area contributed by atoms with Crippen molar-refractivity contribution in [3.05, 3.63) is 41.6 Å². The van der Waals surface area contributed by atoms with Gasteiger partial charge in [0.05, 0.1) is 28.8 Å². The number of nitrogens with zero attached hydrogens (tertiary/aromatic N) is 4. The number of allylic oxidation sites excluding steroid dienone is 2. The summed E-state index contributed by atoms with van der Waals surface area (Å²) >= 11 is 0. The molecule has 4 N–H and O–H groups in total. The van der Waals surface area contributed by atoms with Crippen molar-refractivity contribution in [3.8, 4) is 0 Å². The molecule has 3 aliphatic rings. The molecule has 1 saturated carbocycles. The molecule has 8 heteroatoms. The van der Waals surface area contributed by atoms with Gasteiger partial charge in [0, 0.05) is 26.2 Å². The number of rotatable bonds is 6. The van der Waals surface area contributed by atoms with Crippen molar-refractivity contribution in [1.82, 2.24) is 24.8 Å². The van der Waals surface area contributed by atoms with Gasteiger partial charge in [-0.3, -0.25) is 9.69 Å². The number of hydrogen-bond donors (Lipinski definition) is 3. The number of nitrogen functional groups attached to an aromatic ring is 1. The molecule has 0 aromatic carbocycles. The first kappa shape index (κ1) is 25.0. The van der Waals surface area contributed by atoms with Crippen molar-refractivity contribution < 1.29 is 4.79 Å². The number of hydrogen-bond acceptors (Lipinski definition) is 6. The number of carbonyl (C=O) groups is 1. The van der Waals surface area contributed by atoms with Gasteiger partial charge in [-0.25, -0.2) is 9.97 Å². The van der Waals surface area contributed by atoms with E-state index in [4.69, 9.17) is 10.7 Å². The minimum atomic E-state index is -0.300. The molecule has 36 heavy (non-hydrogen) atoms. The lowest BCUT2D eigenvalue weighted by Gasteiger charge is -2.46. The van der Waals surface area contributed by atoms with Gasteiger partial charge in [-0.15, -0.1) is 0 Å². The average molecular weight is 492 g/mol. The third-order valence-corrected chi connectivity index (χ3v) is 8.56. The second-order valence-electron chi connectivity index (χ2n) is 11.5. The molecule has 0 radical (unpaired) electrons. The lowest BCUT2D eigenvalue weighted by Crippen LogP contribution is -2.54. The summed E-state index contributed by atoms with van der Waals surface area (Å²) in [6, 6.07) is 4.21. The van der Waals surface area contributed by atoms with E-state index in [9.17, 15) is 4.79 Å². The van der Waals surface area contributed by atoms with Crippen LogP contribution in [0.4, 0.5) is 11.5 Å². The first-order valence-electron chi connectivity index (χ1n) is 13.6. The molecule has 1 aliphatic heterocycles. The smallest absolute Gasteiger partial charge is 0.291 e. The van der Waals surface area contributed by atoms with E-state index in [0.717, 1.165) is 81.9 Å². The molecule has 2 aromatic heterocycles. The second-order valence-corrected chi connectivity index (χ2v) is 11.5. The van der Waals surface area contributed by atoms with Crippen LogP contribution in [0, 0.1) is 5.41 Å². The maximum absolute atomic E-state index is 13.0. The molecule has 3 heterocycles. The summed E-state index contributed by atoms with van der Waals surface area (Å²) in [6.07, 6.45) is 11.6. The molecule has 2 fully saturated rings. The monoisotopic (exact) mass is 491 g/mol. The lowest BCUT2D eigenvalue weighted by atomic mass is 9.77. The summed E-state index contributed by atoms with van der Waals surface area (Å²) in [5.41, 5.74) is 10.1. The number of pyridine rings is 1. The van der Waals surface area contributed by atoms with E-state index >= 15 is 0 Å². The predicted octanol–water partition coefficient (Wildman–Crippen LogP) is 4.64. The highest BCUT2D eigenvalue weighted by Crippen LogP contribution is 2.45. The molecule has 1 saturated heterocycles. The lowest BCUT2D eigenvalue weighted by molar-refractivity contribution is 0.0313. The molecule has 0 spiro atoms. The molecule has 8 nitrogen and oxygen atoms in total. The van der Waals surface area contributed by atoms with Crippen LogP contribution >= 0.6 is 0 Å². The van der Waals surface area contributed by atoms with Gasteiger partial charge in [-0.05, 0) is 61.8 Å². The zero-order chi connectivity index (χ0) is 25.3. The highest BCUT2D eigenvalue weighted by molar-refractivity contribution is 6.03. The number of anilines is 2. The fraction of sp³-hybridized carbons (Fsp3) is 0.607. The second kappa shape index (κ2) is 9.98. The van der Waals surface area contributed by atoms with Crippen LogP contribution in [0.5, 0.6) is 0 Å². The summed E-state index contributed by atoms with van der Waals surface area (Å²) in [7, 11) is 0. The average Bonchev–Trinajstić information content (AvgIpc) is 3.55. The summed E-state index contributed by atoms with van der Waals surface area (Å²) in [6.45, 7) is 12.4. The van der Waals surface area contributed by atoms with Crippen molar-refractivity contribution in [3.63, 3.8) is 0 Å². The zero-order valence-corrected chi connectivity index (χ0v) is 22.1. The van der Waals surface area contributed by atoms with Crippen molar-refractivity contribution in [2.24, 2.45) is 5.41 Å². The van der Waals surface area contributed by atoms with Crippen LogP contribution in [-0.2, 0) is 5.54 Å². The van der Waals surface area contributed by atoms with Crippen LogP contribution in [0.3, 0.4) is 0 Å². The van der Waals surface area contributed by atoms with Crippen molar-refractivity contribution >= 4 is 23.0 Å². The molecule has 0 atom stereocenters. The molecule has 0 unspecified atom stereocenters. The van der Waals surface area contributed by atoms with E-state index in [1.807, 2.05) is 0 Å². The van der Waals surface area contributed by atoms with Crippen LogP contribution in [0.25, 0.3) is 5.57 Å². The largest absolute Gasteiger partial charge is 0.384 e. The van der Waals surface area contributed by atoms with Crippen molar-refractivity contribution in [2.45, 2.75) is 71.3 Å². The summed E-state index contributed by atoms with van der Waals surface area (Å²) in [4.78, 5) is 30.5. The van der Waals surface area contributed by atoms with Gasteiger partial charge in [0.25, 0.3) is 5.91 Å². The normalized spacial score (nSPS) is 22.4. The maximum atomic E-state index is 13.0. The van der Waals surface area contributed by atoms with E-state index in [2.05, 4.69) is 64.1 Å². The van der Waals surface area contributed by atoms with Gasteiger partial charge >= 0.3 is 0 Å². The van der Waals surface area contributed by atoms with Crippen LogP contribution in [0.2, 0.25) is 0 Å². The van der Waals surface area contributed by atoms with Crippen molar-refractivity contribution in [2.75, 3.05) is 43.8 Å². The van der Waals surface area contributed by atoms with Crippen LogP contribution in [0.15, 0.2) is 24.4 Å². The third kappa shape index (κ3) is 4.93. The minimum Gasteiger partial charge on any atom is -0.384 e. The maximum Gasteiger partial charge on any atom is 0.291 e. The molecule has 2 aliphatic carbocycles. The number of aromatic amines is 1. The molecule has 0 bridgehead atoms. The number of nitrogens with two attached hydrogens (primary N) is 1. The zero-order valence-electron chi connectivity index (χ0n) is 22.1. The summed E-state index contributed by atoms with van der Waals surface area (Å²) in [5.74, 6) is 0.283. The Morgan fingerprint density at radius 3 is 2.50 bits per heavy atom. The number of likely N-dealkylation sites (N-methyl/N-ethyl adjacent to an activating group) is 1. The third-order valence-electron chi connectivity index (χ3n) is 8.56. The molecule has 2 aromatic rings. The molecule has 194 valence electrons.